The lowest BCUT2D eigenvalue weighted by atomic mass is 10.2. The van der Waals surface area contributed by atoms with Crippen molar-refractivity contribution < 1.29 is 29.0 Å². The van der Waals surface area contributed by atoms with Crippen molar-refractivity contribution in [2.45, 2.75) is 72.1 Å². The van der Waals surface area contributed by atoms with Crippen LogP contribution in [0.3, 0.4) is 0 Å². The minimum absolute atomic E-state index is 0.226. The van der Waals surface area contributed by atoms with Crippen LogP contribution in [-0.2, 0) is 9.47 Å². The highest BCUT2D eigenvalue weighted by Crippen LogP contribution is 2.14. The number of hydrogen-bond acceptors (Lipinski definition) is 6. The van der Waals surface area contributed by atoms with Gasteiger partial charge in [0, 0.05) is 0 Å². The number of unbranched alkanes of at least 4 members (excludes halogenated alkanes) is 6. The molecule has 0 aliphatic rings. The molecule has 0 saturated heterocycles. The number of carboxylic acid groups (broad SMARTS) is 1. The van der Waals surface area contributed by atoms with E-state index in [0.717, 1.165) is 25.7 Å². The number of fused-ring (bicyclic) bond motifs is 1. The predicted molar refractivity (Wildman–Crippen MR) is 119 cm³/mol. The van der Waals surface area contributed by atoms with Gasteiger partial charge in [0.25, 0.3) is 0 Å². The third-order valence-electron chi connectivity index (χ3n) is 4.47. The summed E-state index contributed by atoms with van der Waals surface area (Å²) < 4.78 is 11.3. The highest BCUT2D eigenvalue weighted by Gasteiger charge is 2.08. The molecule has 1 N–H and O–H groups in total. The second kappa shape index (κ2) is 16.0. The zero-order chi connectivity index (χ0) is 22.9. The lowest BCUT2D eigenvalue weighted by Gasteiger charge is -2.05. The summed E-state index contributed by atoms with van der Waals surface area (Å²) in [7, 11) is 0. The van der Waals surface area contributed by atoms with Gasteiger partial charge in [-0.1, -0.05) is 52.4 Å². The first-order valence-corrected chi connectivity index (χ1v) is 11.2. The van der Waals surface area contributed by atoms with E-state index in [4.69, 9.17) is 19.4 Å². The van der Waals surface area contributed by atoms with Crippen molar-refractivity contribution in [3.05, 3.63) is 30.1 Å². The highest BCUT2D eigenvalue weighted by atomic mass is 16.7. The van der Waals surface area contributed by atoms with Gasteiger partial charge in [-0.2, -0.15) is 4.73 Å². The van der Waals surface area contributed by atoms with Crippen molar-refractivity contribution >= 4 is 23.2 Å². The van der Waals surface area contributed by atoms with Crippen LogP contribution in [0.5, 0.6) is 0 Å². The van der Waals surface area contributed by atoms with Crippen LogP contribution in [0.1, 0.15) is 82.5 Å². The van der Waals surface area contributed by atoms with Crippen molar-refractivity contribution in [1.82, 2.24) is 9.71 Å². The number of hydrogen-bond donors (Lipinski definition) is 1. The van der Waals surface area contributed by atoms with Crippen LogP contribution in [0.2, 0.25) is 0 Å². The number of benzene rings is 1. The van der Waals surface area contributed by atoms with Crippen molar-refractivity contribution in [3.63, 3.8) is 0 Å². The van der Waals surface area contributed by atoms with Gasteiger partial charge in [0.15, 0.2) is 0 Å². The Kier molecular flexibility index (Phi) is 13.5. The minimum Gasteiger partial charge on any atom is -0.478 e. The van der Waals surface area contributed by atoms with Gasteiger partial charge in [0.1, 0.15) is 18.5 Å². The SMILES string of the molecule is CCCCCCOC(=O)OCCCCCC.CCOn1cnc2ccc(C(=O)O)cc21. The molecule has 174 valence electrons. The fraction of sp³-hybridized carbons (Fsp3) is 0.609. The molecule has 0 bridgehead atoms. The van der Waals surface area contributed by atoms with Gasteiger partial charge in [-0.25, -0.2) is 14.6 Å². The molecule has 0 radical (unpaired) electrons. The van der Waals surface area contributed by atoms with Crippen molar-refractivity contribution in [2.24, 2.45) is 0 Å². The van der Waals surface area contributed by atoms with E-state index in [0.29, 0.717) is 30.9 Å². The quantitative estimate of drug-likeness (QED) is 0.328. The van der Waals surface area contributed by atoms with Crippen molar-refractivity contribution in [1.29, 1.82) is 0 Å². The van der Waals surface area contributed by atoms with Crippen LogP contribution in [0.25, 0.3) is 11.0 Å². The number of carbonyl (C=O) groups is 2. The molecule has 0 fully saturated rings. The molecule has 1 aromatic heterocycles. The fourth-order valence-electron chi connectivity index (χ4n) is 2.77. The summed E-state index contributed by atoms with van der Waals surface area (Å²) in [6.07, 6.45) is 9.96. The molecule has 0 unspecified atom stereocenters. The smallest absolute Gasteiger partial charge is 0.478 e. The van der Waals surface area contributed by atoms with Crippen LogP contribution < -0.4 is 4.84 Å². The Morgan fingerprint density at radius 2 is 1.55 bits per heavy atom. The number of ether oxygens (including phenoxy) is 2. The number of carboxylic acids is 1. The number of nitrogens with zero attached hydrogens (tertiary/aromatic N) is 2. The van der Waals surface area contributed by atoms with E-state index < -0.39 is 12.1 Å². The van der Waals surface area contributed by atoms with Crippen LogP contribution in [-0.4, -0.2) is 46.8 Å². The van der Waals surface area contributed by atoms with E-state index in [1.54, 1.807) is 12.1 Å². The van der Waals surface area contributed by atoms with Crippen molar-refractivity contribution in [3.8, 4) is 0 Å². The first-order valence-electron chi connectivity index (χ1n) is 11.2. The lowest BCUT2D eigenvalue weighted by molar-refractivity contribution is 0.0529. The molecule has 31 heavy (non-hydrogen) atoms. The number of rotatable bonds is 13. The molecule has 0 aliphatic heterocycles. The maximum atomic E-state index is 11.1. The number of aromatic carboxylic acids is 1. The van der Waals surface area contributed by atoms with Gasteiger partial charge in [-0.05, 0) is 38.0 Å². The maximum Gasteiger partial charge on any atom is 0.508 e. The molecule has 0 aliphatic carbocycles. The molecule has 0 spiro atoms. The van der Waals surface area contributed by atoms with Crippen LogP contribution in [0.15, 0.2) is 24.5 Å². The van der Waals surface area contributed by atoms with E-state index in [9.17, 15) is 9.59 Å². The third kappa shape index (κ3) is 10.7. The summed E-state index contributed by atoms with van der Waals surface area (Å²) in [5, 5.41) is 8.83. The van der Waals surface area contributed by atoms with Gasteiger partial charge < -0.3 is 19.4 Å². The van der Waals surface area contributed by atoms with Crippen LogP contribution >= 0.6 is 0 Å². The summed E-state index contributed by atoms with van der Waals surface area (Å²) in [6, 6.07) is 4.72. The van der Waals surface area contributed by atoms with Gasteiger partial charge in [0.05, 0.1) is 24.3 Å². The molecule has 1 aromatic carbocycles. The van der Waals surface area contributed by atoms with Gasteiger partial charge >= 0.3 is 12.1 Å². The molecule has 0 amide bonds. The standard InChI is InChI=1S/C13H26O3.C10H10N2O3/c1-3-5-7-9-11-15-13(14)16-12-10-8-6-4-2;1-2-15-12-6-11-8-4-3-7(10(13)14)5-9(8)12/h3-12H2,1-2H3;3-6H,2H2,1H3,(H,13,14). The van der Waals surface area contributed by atoms with E-state index in [1.807, 2.05) is 6.92 Å². The normalized spacial score (nSPS) is 10.3. The predicted octanol–water partition coefficient (Wildman–Crippen LogP) is 5.48. The highest BCUT2D eigenvalue weighted by molar-refractivity contribution is 5.92. The van der Waals surface area contributed by atoms with Gasteiger partial charge in [-0.15, -0.1) is 0 Å². The Balaban J connectivity index is 0.000000310. The fourth-order valence-corrected chi connectivity index (χ4v) is 2.77. The molecule has 8 heteroatoms. The Morgan fingerprint density at radius 1 is 0.935 bits per heavy atom. The monoisotopic (exact) mass is 436 g/mol. The van der Waals surface area contributed by atoms with Gasteiger partial charge in [0.2, 0.25) is 0 Å². The van der Waals surface area contributed by atoms with Crippen LogP contribution in [0.4, 0.5) is 4.79 Å². The largest absolute Gasteiger partial charge is 0.508 e. The molecule has 0 atom stereocenters. The second-order valence-electron chi connectivity index (χ2n) is 7.07. The van der Waals surface area contributed by atoms with E-state index in [2.05, 4.69) is 18.8 Å². The molecule has 0 saturated carbocycles. The second-order valence-corrected chi connectivity index (χ2v) is 7.07. The maximum absolute atomic E-state index is 11.1. The van der Waals surface area contributed by atoms with E-state index in [-0.39, 0.29) is 5.56 Å². The molecular formula is C23H36N2O6. The average molecular weight is 437 g/mol. The Morgan fingerprint density at radius 3 is 2.06 bits per heavy atom. The topological polar surface area (TPSA) is 99.9 Å². The molecular weight excluding hydrogens is 400 g/mol. The Labute approximate surface area is 184 Å². The van der Waals surface area contributed by atoms with E-state index in [1.165, 1.54) is 42.8 Å². The first-order chi connectivity index (χ1) is 15.0. The Hall–Kier alpha value is -2.77. The zero-order valence-electron chi connectivity index (χ0n) is 19.0. The van der Waals surface area contributed by atoms with Crippen LogP contribution in [0, 0.1) is 0 Å². The molecule has 1 heterocycles. The Bertz CT molecular complexity index is 759. The number of aromatic nitrogens is 2. The summed E-state index contributed by atoms with van der Waals surface area (Å²) in [4.78, 5) is 31.2. The van der Waals surface area contributed by atoms with E-state index >= 15 is 0 Å². The number of carbonyl (C=O) groups excluding carboxylic acids is 1. The number of imidazole rings is 1. The van der Waals surface area contributed by atoms with Crippen molar-refractivity contribution in [2.75, 3.05) is 19.8 Å². The zero-order valence-corrected chi connectivity index (χ0v) is 19.0. The molecule has 2 aromatic rings. The molecule has 8 nitrogen and oxygen atoms in total. The average Bonchev–Trinajstić information content (AvgIpc) is 3.16. The summed E-state index contributed by atoms with van der Waals surface area (Å²) in [5.41, 5.74) is 1.61. The minimum atomic E-state index is -0.957. The summed E-state index contributed by atoms with van der Waals surface area (Å²) in [6.45, 7) is 7.66. The molecule has 2 rings (SSSR count). The first kappa shape index (κ1) is 26.3. The summed E-state index contributed by atoms with van der Waals surface area (Å²) >= 11 is 0. The third-order valence-corrected chi connectivity index (χ3v) is 4.47. The summed E-state index contributed by atoms with van der Waals surface area (Å²) in [5.74, 6) is -0.957. The lowest BCUT2D eigenvalue weighted by Crippen LogP contribution is -2.09. The van der Waals surface area contributed by atoms with Gasteiger partial charge in [-0.3, -0.25) is 0 Å².